The summed E-state index contributed by atoms with van der Waals surface area (Å²) >= 11 is 3.29. The van der Waals surface area contributed by atoms with Crippen molar-refractivity contribution in [3.8, 4) is 0 Å². The van der Waals surface area contributed by atoms with Crippen molar-refractivity contribution in [1.82, 2.24) is 0 Å². The molecule has 0 bridgehead atoms. The van der Waals surface area contributed by atoms with Crippen LogP contribution in [0.1, 0.15) is 11.1 Å². The van der Waals surface area contributed by atoms with Crippen LogP contribution in [-0.2, 0) is 6.18 Å². The van der Waals surface area contributed by atoms with Gasteiger partial charge in [0.15, 0.2) is 0 Å². The fourth-order valence-electron chi connectivity index (χ4n) is 1.88. The molecule has 2 rings (SSSR count). The Morgan fingerprint density at radius 3 is 2.32 bits per heavy atom. The van der Waals surface area contributed by atoms with Gasteiger partial charge in [-0.1, -0.05) is 15.9 Å². The summed E-state index contributed by atoms with van der Waals surface area (Å²) < 4.78 is 38.8. The Kier molecular flexibility index (Phi) is 4.41. The number of alkyl halides is 3. The Bertz CT molecular complexity index is 733. The van der Waals surface area contributed by atoms with Crippen molar-refractivity contribution in [3.05, 3.63) is 62.1 Å². The number of nitrogens with zero attached hydrogens (tertiary/aromatic N) is 1. The minimum absolute atomic E-state index is 0.00317. The average molecular weight is 375 g/mol. The Balaban J connectivity index is 2.44. The first kappa shape index (κ1) is 16.3. The minimum atomic E-state index is -4.63. The van der Waals surface area contributed by atoms with E-state index in [0.717, 1.165) is 22.2 Å². The lowest BCUT2D eigenvalue weighted by Crippen LogP contribution is -2.07. The van der Waals surface area contributed by atoms with Crippen molar-refractivity contribution in [2.75, 3.05) is 5.32 Å². The highest BCUT2D eigenvalue weighted by Gasteiger charge is 2.33. The lowest BCUT2D eigenvalue weighted by atomic mass is 10.1. The van der Waals surface area contributed by atoms with Gasteiger partial charge in [-0.3, -0.25) is 10.1 Å². The lowest BCUT2D eigenvalue weighted by Gasteiger charge is -2.12. The number of hydrogen-bond donors (Lipinski definition) is 1. The topological polar surface area (TPSA) is 55.2 Å². The summed E-state index contributed by atoms with van der Waals surface area (Å²) in [5, 5.41) is 13.8. The van der Waals surface area contributed by atoms with E-state index in [-0.39, 0.29) is 5.69 Å². The van der Waals surface area contributed by atoms with E-state index < -0.39 is 22.4 Å². The van der Waals surface area contributed by atoms with E-state index in [9.17, 15) is 23.3 Å². The standard InChI is InChI=1S/C14H10BrF3N2O2/c1-8-6-10(15)3-5-11(8)19-12-4-2-9(14(16,17)18)7-13(12)20(21)22/h2-7,19H,1H3. The van der Waals surface area contributed by atoms with Crippen LogP contribution in [0.15, 0.2) is 40.9 Å². The third-order valence-electron chi connectivity index (χ3n) is 2.98. The molecule has 0 aromatic heterocycles. The smallest absolute Gasteiger partial charge is 0.350 e. The Morgan fingerprint density at radius 1 is 1.14 bits per heavy atom. The molecule has 0 saturated carbocycles. The van der Waals surface area contributed by atoms with Crippen LogP contribution in [0.5, 0.6) is 0 Å². The first-order chi connectivity index (χ1) is 10.2. The van der Waals surface area contributed by atoms with Crippen molar-refractivity contribution in [1.29, 1.82) is 0 Å². The van der Waals surface area contributed by atoms with E-state index in [1.165, 1.54) is 0 Å². The number of nitro groups is 1. The molecule has 0 aliphatic heterocycles. The highest BCUT2D eigenvalue weighted by Crippen LogP contribution is 2.36. The molecule has 1 N–H and O–H groups in total. The molecule has 0 heterocycles. The van der Waals surface area contributed by atoms with E-state index in [1.54, 1.807) is 25.1 Å². The second-order valence-corrected chi connectivity index (χ2v) is 5.49. The van der Waals surface area contributed by atoms with Crippen molar-refractivity contribution in [2.45, 2.75) is 13.1 Å². The van der Waals surface area contributed by atoms with Crippen LogP contribution in [0.25, 0.3) is 0 Å². The molecule has 0 saturated heterocycles. The predicted molar refractivity (Wildman–Crippen MR) is 80.3 cm³/mol. The minimum Gasteiger partial charge on any atom is -0.350 e. The number of hydrogen-bond acceptors (Lipinski definition) is 3. The molecule has 2 aromatic rings. The lowest BCUT2D eigenvalue weighted by molar-refractivity contribution is -0.384. The van der Waals surface area contributed by atoms with E-state index >= 15 is 0 Å². The molecule has 0 aliphatic carbocycles. The first-order valence-corrected chi connectivity index (χ1v) is 6.86. The monoisotopic (exact) mass is 374 g/mol. The average Bonchev–Trinajstić information content (AvgIpc) is 2.40. The second kappa shape index (κ2) is 5.96. The summed E-state index contributed by atoms with van der Waals surface area (Å²) in [5.74, 6) is 0. The maximum Gasteiger partial charge on any atom is 0.416 e. The molecular formula is C14H10BrF3N2O2. The Labute approximate surface area is 132 Å². The van der Waals surface area contributed by atoms with Crippen molar-refractivity contribution in [2.24, 2.45) is 0 Å². The third-order valence-corrected chi connectivity index (χ3v) is 3.47. The van der Waals surface area contributed by atoms with Gasteiger partial charge in [0.2, 0.25) is 0 Å². The zero-order valence-electron chi connectivity index (χ0n) is 11.2. The molecule has 0 unspecified atom stereocenters. The quantitative estimate of drug-likeness (QED) is 0.575. The van der Waals surface area contributed by atoms with Gasteiger partial charge >= 0.3 is 6.18 Å². The summed E-state index contributed by atoms with van der Waals surface area (Å²) in [6.45, 7) is 1.78. The van der Waals surface area contributed by atoms with Crippen LogP contribution in [0.2, 0.25) is 0 Å². The number of halogens is 4. The third kappa shape index (κ3) is 3.56. The van der Waals surface area contributed by atoms with Crippen molar-refractivity contribution < 1.29 is 18.1 Å². The summed E-state index contributed by atoms with van der Waals surface area (Å²) in [5.41, 5.74) is -0.313. The predicted octanol–water partition coefficient (Wildman–Crippen LogP) is 5.43. The molecule has 2 aromatic carbocycles. The summed E-state index contributed by atoms with van der Waals surface area (Å²) in [4.78, 5) is 10.2. The van der Waals surface area contributed by atoms with E-state index in [0.29, 0.717) is 11.8 Å². The van der Waals surface area contributed by atoms with Crippen LogP contribution < -0.4 is 5.32 Å². The molecule has 0 fully saturated rings. The number of nitro benzene ring substituents is 1. The number of benzene rings is 2. The molecule has 4 nitrogen and oxygen atoms in total. The highest BCUT2D eigenvalue weighted by atomic mass is 79.9. The normalized spacial score (nSPS) is 11.3. The molecule has 0 amide bonds. The molecule has 0 atom stereocenters. The fraction of sp³-hybridized carbons (Fsp3) is 0.143. The number of aryl methyl sites for hydroxylation is 1. The van der Waals surface area contributed by atoms with Crippen LogP contribution in [0.4, 0.5) is 30.2 Å². The molecule has 22 heavy (non-hydrogen) atoms. The van der Waals surface area contributed by atoms with E-state index in [1.807, 2.05) is 0 Å². The zero-order chi connectivity index (χ0) is 16.5. The summed E-state index contributed by atoms with van der Waals surface area (Å²) in [7, 11) is 0. The van der Waals surface area contributed by atoms with Crippen LogP contribution in [0, 0.1) is 17.0 Å². The molecule has 116 valence electrons. The van der Waals surface area contributed by atoms with E-state index in [2.05, 4.69) is 21.2 Å². The maximum atomic E-state index is 12.7. The van der Waals surface area contributed by atoms with Crippen molar-refractivity contribution in [3.63, 3.8) is 0 Å². The van der Waals surface area contributed by atoms with Gasteiger partial charge in [-0.2, -0.15) is 13.2 Å². The van der Waals surface area contributed by atoms with Gasteiger partial charge in [0.1, 0.15) is 5.69 Å². The highest BCUT2D eigenvalue weighted by molar-refractivity contribution is 9.10. The number of anilines is 2. The largest absolute Gasteiger partial charge is 0.416 e. The van der Waals surface area contributed by atoms with Gasteiger partial charge in [-0.15, -0.1) is 0 Å². The van der Waals surface area contributed by atoms with Gasteiger partial charge in [-0.05, 0) is 42.8 Å². The Hall–Kier alpha value is -2.09. The second-order valence-electron chi connectivity index (χ2n) is 4.57. The van der Waals surface area contributed by atoms with Gasteiger partial charge < -0.3 is 5.32 Å². The van der Waals surface area contributed by atoms with Gasteiger partial charge in [0, 0.05) is 16.2 Å². The first-order valence-electron chi connectivity index (χ1n) is 6.07. The van der Waals surface area contributed by atoms with Gasteiger partial charge in [-0.25, -0.2) is 0 Å². The maximum absolute atomic E-state index is 12.7. The zero-order valence-corrected chi connectivity index (χ0v) is 12.8. The molecule has 8 heteroatoms. The summed E-state index contributed by atoms with van der Waals surface area (Å²) in [6, 6.07) is 7.59. The fourth-order valence-corrected chi connectivity index (χ4v) is 2.35. The van der Waals surface area contributed by atoms with Crippen LogP contribution in [0.3, 0.4) is 0 Å². The van der Waals surface area contributed by atoms with Gasteiger partial charge in [0.25, 0.3) is 5.69 Å². The van der Waals surface area contributed by atoms with Gasteiger partial charge in [0.05, 0.1) is 10.5 Å². The molecule has 0 aliphatic rings. The molecule has 0 radical (unpaired) electrons. The Morgan fingerprint density at radius 2 is 1.77 bits per heavy atom. The number of rotatable bonds is 3. The SMILES string of the molecule is Cc1cc(Br)ccc1Nc1ccc(C(F)(F)F)cc1[N+](=O)[O-]. The number of nitrogens with one attached hydrogen (secondary N) is 1. The van der Waals surface area contributed by atoms with Crippen LogP contribution in [-0.4, -0.2) is 4.92 Å². The van der Waals surface area contributed by atoms with Crippen molar-refractivity contribution >= 4 is 33.0 Å². The summed E-state index contributed by atoms with van der Waals surface area (Å²) in [6.07, 6.45) is -4.63. The molecular weight excluding hydrogens is 365 g/mol. The molecule has 0 spiro atoms. The van der Waals surface area contributed by atoms with Crippen LogP contribution >= 0.6 is 15.9 Å². The van der Waals surface area contributed by atoms with E-state index in [4.69, 9.17) is 0 Å².